The third-order valence-corrected chi connectivity index (χ3v) is 2.88. The summed E-state index contributed by atoms with van der Waals surface area (Å²) in [4.78, 5) is 12.1. The maximum atomic E-state index is 12.1. The summed E-state index contributed by atoms with van der Waals surface area (Å²) in [6, 6.07) is 18.2. The molecule has 0 aliphatic heterocycles. The standard InChI is InChI=1S/C17H17O2/c1-2-3-13-19-17(18)16-12-8-7-11-15(16)14-9-5-4-6-10-14/h4-9,11-12H,2-3,13H2,1H3. The zero-order valence-corrected chi connectivity index (χ0v) is 11.1. The van der Waals surface area contributed by atoms with Crippen molar-refractivity contribution in [3.05, 3.63) is 60.2 Å². The third-order valence-electron chi connectivity index (χ3n) is 2.88. The number of hydrogen-bond donors (Lipinski definition) is 0. The highest BCUT2D eigenvalue weighted by Gasteiger charge is 2.13. The van der Waals surface area contributed by atoms with Crippen LogP contribution in [-0.2, 0) is 4.74 Å². The van der Waals surface area contributed by atoms with Crippen LogP contribution in [0.5, 0.6) is 0 Å². The van der Waals surface area contributed by atoms with Crippen LogP contribution in [0.4, 0.5) is 0 Å². The molecule has 0 saturated heterocycles. The Balaban J connectivity index is 2.24. The van der Waals surface area contributed by atoms with Crippen LogP contribution < -0.4 is 0 Å². The SMILES string of the molecule is CCCCOC(=O)c1ccccc1-c1[c]cccc1. The number of carbonyl (C=O) groups excluding carboxylic acids is 1. The Hall–Kier alpha value is -2.09. The van der Waals surface area contributed by atoms with Crippen molar-refractivity contribution in [2.75, 3.05) is 6.61 Å². The lowest BCUT2D eigenvalue weighted by Crippen LogP contribution is -2.07. The molecular weight excluding hydrogens is 236 g/mol. The van der Waals surface area contributed by atoms with E-state index in [0.29, 0.717) is 12.2 Å². The molecule has 0 fully saturated rings. The largest absolute Gasteiger partial charge is 0.462 e. The van der Waals surface area contributed by atoms with Gasteiger partial charge in [0.1, 0.15) is 0 Å². The molecule has 2 nitrogen and oxygen atoms in total. The van der Waals surface area contributed by atoms with E-state index in [1.807, 2.05) is 42.5 Å². The molecule has 0 N–H and O–H groups in total. The molecule has 0 heterocycles. The smallest absolute Gasteiger partial charge is 0.338 e. The first-order valence-electron chi connectivity index (χ1n) is 6.56. The molecule has 2 aromatic rings. The van der Waals surface area contributed by atoms with Crippen molar-refractivity contribution in [1.82, 2.24) is 0 Å². The second kappa shape index (κ2) is 6.74. The van der Waals surface area contributed by atoms with Gasteiger partial charge in [-0.15, -0.1) is 0 Å². The molecule has 0 aliphatic rings. The number of unbranched alkanes of at least 4 members (excludes halogenated alkanes) is 1. The summed E-state index contributed by atoms with van der Waals surface area (Å²) >= 11 is 0. The van der Waals surface area contributed by atoms with Crippen LogP contribution in [0.1, 0.15) is 30.1 Å². The van der Waals surface area contributed by atoms with Crippen LogP contribution in [0, 0.1) is 6.07 Å². The molecule has 0 bridgehead atoms. The molecule has 0 amide bonds. The number of carbonyl (C=O) groups is 1. The lowest BCUT2D eigenvalue weighted by molar-refractivity contribution is 0.0500. The monoisotopic (exact) mass is 253 g/mol. The molecule has 0 aromatic heterocycles. The first-order chi connectivity index (χ1) is 9.33. The van der Waals surface area contributed by atoms with E-state index < -0.39 is 0 Å². The zero-order chi connectivity index (χ0) is 13.5. The van der Waals surface area contributed by atoms with Gasteiger partial charge in [0.2, 0.25) is 0 Å². The molecule has 0 unspecified atom stereocenters. The van der Waals surface area contributed by atoms with Gasteiger partial charge >= 0.3 is 5.97 Å². The van der Waals surface area contributed by atoms with Crippen LogP contribution in [0.3, 0.4) is 0 Å². The van der Waals surface area contributed by atoms with Crippen LogP contribution in [-0.4, -0.2) is 12.6 Å². The Bertz CT molecular complexity index is 532. The quantitative estimate of drug-likeness (QED) is 0.592. The first kappa shape index (κ1) is 13.3. The third kappa shape index (κ3) is 3.44. The molecule has 0 aliphatic carbocycles. The summed E-state index contributed by atoms with van der Waals surface area (Å²) in [5.41, 5.74) is 2.37. The number of rotatable bonds is 5. The van der Waals surface area contributed by atoms with Gasteiger partial charge in [-0.05, 0) is 29.7 Å². The topological polar surface area (TPSA) is 26.3 Å². The predicted octanol–water partition coefficient (Wildman–Crippen LogP) is 4.11. The average molecular weight is 253 g/mol. The van der Waals surface area contributed by atoms with Gasteiger partial charge in [-0.3, -0.25) is 0 Å². The van der Waals surface area contributed by atoms with Crippen molar-refractivity contribution >= 4 is 5.97 Å². The molecule has 2 aromatic carbocycles. The number of benzene rings is 2. The second-order valence-electron chi connectivity index (χ2n) is 4.31. The van der Waals surface area contributed by atoms with Crippen molar-refractivity contribution in [2.24, 2.45) is 0 Å². The summed E-state index contributed by atoms with van der Waals surface area (Å²) < 4.78 is 5.28. The van der Waals surface area contributed by atoms with Gasteiger partial charge in [0.15, 0.2) is 0 Å². The molecule has 0 atom stereocenters. The number of hydrogen-bond acceptors (Lipinski definition) is 2. The van der Waals surface area contributed by atoms with Crippen LogP contribution >= 0.6 is 0 Å². The summed E-state index contributed by atoms with van der Waals surface area (Å²) in [5.74, 6) is -0.263. The second-order valence-corrected chi connectivity index (χ2v) is 4.31. The minimum absolute atomic E-state index is 0.263. The summed E-state index contributed by atoms with van der Waals surface area (Å²) in [7, 11) is 0. The van der Waals surface area contributed by atoms with Gasteiger partial charge in [-0.1, -0.05) is 55.8 Å². The Morgan fingerprint density at radius 1 is 1.16 bits per heavy atom. The van der Waals surface area contributed by atoms with E-state index in [0.717, 1.165) is 24.0 Å². The lowest BCUT2D eigenvalue weighted by atomic mass is 10.00. The highest BCUT2D eigenvalue weighted by Crippen LogP contribution is 2.23. The summed E-state index contributed by atoms with van der Waals surface area (Å²) in [5, 5.41) is 0. The average Bonchev–Trinajstić information content (AvgIpc) is 2.48. The minimum Gasteiger partial charge on any atom is -0.462 e. The molecule has 2 rings (SSSR count). The Morgan fingerprint density at radius 2 is 1.95 bits per heavy atom. The van der Waals surface area contributed by atoms with Gasteiger partial charge in [0.05, 0.1) is 12.2 Å². The van der Waals surface area contributed by atoms with Crippen LogP contribution in [0.15, 0.2) is 48.5 Å². The van der Waals surface area contributed by atoms with Crippen molar-refractivity contribution in [3.63, 3.8) is 0 Å². The van der Waals surface area contributed by atoms with Crippen LogP contribution in [0.2, 0.25) is 0 Å². The van der Waals surface area contributed by atoms with Crippen molar-refractivity contribution in [2.45, 2.75) is 19.8 Å². The van der Waals surface area contributed by atoms with Gasteiger partial charge in [0, 0.05) is 0 Å². The fraction of sp³-hybridized carbons (Fsp3) is 0.235. The van der Waals surface area contributed by atoms with Gasteiger partial charge in [-0.2, -0.15) is 0 Å². The van der Waals surface area contributed by atoms with E-state index in [2.05, 4.69) is 13.0 Å². The Morgan fingerprint density at radius 3 is 2.68 bits per heavy atom. The fourth-order valence-electron chi connectivity index (χ4n) is 1.84. The maximum absolute atomic E-state index is 12.1. The van der Waals surface area contributed by atoms with Crippen molar-refractivity contribution in [3.8, 4) is 11.1 Å². The molecule has 0 spiro atoms. The normalized spacial score (nSPS) is 10.2. The van der Waals surface area contributed by atoms with Gasteiger partial charge < -0.3 is 4.74 Å². The van der Waals surface area contributed by atoms with E-state index in [-0.39, 0.29) is 5.97 Å². The van der Waals surface area contributed by atoms with E-state index in [4.69, 9.17) is 4.74 Å². The molecule has 1 radical (unpaired) electrons. The Kier molecular flexibility index (Phi) is 4.73. The molecule has 19 heavy (non-hydrogen) atoms. The molecule has 97 valence electrons. The number of esters is 1. The fourth-order valence-corrected chi connectivity index (χ4v) is 1.84. The van der Waals surface area contributed by atoms with E-state index in [1.165, 1.54) is 0 Å². The summed E-state index contributed by atoms with van der Waals surface area (Å²) in [6.07, 6.45) is 1.91. The van der Waals surface area contributed by atoms with E-state index >= 15 is 0 Å². The van der Waals surface area contributed by atoms with E-state index in [9.17, 15) is 4.79 Å². The van der Waals surface area contributed by atoms with Gasteiger partial charge in [0.25, 0.3) is 0 Å². The summed E-state index contributed by atoms with van der Waals surface area (Å²) in [6.45, 7) is 2.54. The maximum Gasteiger partial charge on any atom is 0.338 e. The zero-order valence-electron chi connectivity index (χ0n) is 11.1. The van der Waals surface area contributed by atoms with E-state index in [1.54, 1.807) is 6.07 Å². The van der Waals surface area contributed by atoms with Crippen LogP contribution in [0.25, 0.3) is 11.1 Å². The van der Waals surface area contributed by atoms with Gasteiger partial charge in [-0.25, -0.2) is 4.79 Å². The molecule has 2 heteroatoms. The molecular formula is C17H17O2. The predicted molar refractivity (Wildman–Crippen MR) is 75.9 cm³/mol. The minimum atomic E-state index is -0.263. The highest BCUT2D eigenvalue weighted by atomic mass is 16.5. The van der Waals surface area contributed by atoms with Crippen molar-refractivity contribution in [1.29, 1.82) is 0 Å². The van der Waals surface area contributed by atoms with Crippen molar-refractivity contribution < 1.29 is 9.53 Å². The number of ether oxygens (including phenoxy) is 1. The molecule has 0 saturated carbocycles. The lowest BCUT2D eigenvalue weighted by Gasteiger charge is -2.09. The highest BCUT2D eigenvalue weighted by molar-refractivity contribution is 5.97. The first-order valence-corrected chi connectivity index (χ1v) is 6.56. The Labute approximate surface area is 114 Å².